The van der Waals surface area contributed by atoms with Gasteiger partial charge >= 0.3 is 0 Å². The van der Waals surface area contributed by atoms with Crippen LogP contribution in [-0.2, 0) is 0 Å². The van der Waals surface area contributed by atoms with Crippen molar-refractivity contribution in [3.8, 4) is 0 Å². The smallest absolute Gasteiger partial charge is 0.148 e. The molecule has 1 aliphatic carbocycles. The van der Waals surface area contributed by atoms with E-state index in [0.717, 1.165) is 17.9 Å². The van der Waals surface area contributed by atoms with Crippen molar-refractivity contribution in [3.05, 3.63) is 11.9 Å². The van der Waals surface area contributed by atoms with Gasteiger partial charge in [-0.15, -0.1) is 0 Å². The molecule has 0 atom stereocenters. The molecule has 2 rings (SSSR count). The lowest BCUT2D eigenvalue weighted by molar-refractivity contribution is 0.520. The number of anilines is 2. The molecule has 0 radical (unpaired) electrons. The Kier molecular flexibility index (Phi) is 2.96. The van der Waals surface area contributed by atoms with Crippen LogP contribution in [0.2, 0.25) is 0 Å². The Morgan fingerprint density at radius 3 is 2.62 bits per heavy atom. The summed E-state index contributed by atoms with van der Waals surface area (Å²) in [4.78, 5) is 8.28. The van der Waals surface area contributed by atoms with Crippen LogP contribution in [0.1, 0.15) is 31.7 Å². The van der Waals surface area contributed by atoms with Crippen LogP contribution >= 0.6 is 0 Å². The maximum Gasteiger partial charge on any atom is 0.148 e. The summed E-state index contributed by atoms with van der Waals surface area (Å²) in [6.07, 6.45) is 5.40. The monoisotopic (exact) mass is 221 g/mol. The second-order valence-corrected chi connectivity index (χ2v) is 4.55. The molecule has 0 aliphatic heterocycles. The minimum atomic E-state index is 0.508. The molecule has 0 aromatic carbocycles. The first-order chi connectivity index (χ1) is 7.71. The predicted molar refractivity (Wildman–Crippen MR) is 65.0 cm³/mol. The molecule has 1 fully saturated rings. The zero-order valence-electron chi connectivity index (χ0n) is 9.88. The molecule has 0 unspecified atom stereocenters. The van der Waals surface area contributed by atoms with Gasteiger partial charge in [0.15, 0.2) is 0 Å². The zero-order valence-corrected chi connectivity index (χ0v) is 9.88. The van der Waals surface area contributed by atoms with Gasteiger partial charge in [-0.1, -0.05) is 6.92 Å². The Hall–Kier alpha value is -1.36. The third-order valence-corrected chi connectivity index (χ3v) is 3.56. The minimum absolute atomic E-state index is 0.508. The first-order valence-corrected chi connectivity index (χ1v) is 5.73. The van der Waals surface area contributed by atoms with Gasteiger partial charge in [0.05, 0.1) is 0 Å². The lowest BCUT2D eigenvalue weighted by Gasteiger charge is -2.16. The fraction of sp³-hybridized carbons (Fsp3) is 0.636. The maximum absolute atomic E-state index is 5.37. The van der Waals surface area contributed by atoms with Gasteiger partial charge in [-0.05, 0) is 31.6 Å². The average molecular weight is 221 g/mol. The molecule has 5 heteroatoms. The fourth-order valence-corrected chi connectivity index (χ4v) is 1.88. The normalized spacial score (nSPS) is 16.9. The second kappa shape index (κ2) is 4.25. The summed E-state index contributed by atoms with van der Waals surface area (Å²) in [7, 11) is 0. The highest BCUT2D eigenvalue weighted by Crippen LogP contribution is 2.48. The largest absolute Gasteiger partial charge is 0.369 e. The molecular weight excluding hydrogens is 202 g/mol. The summed E-state index contributed by atoms with van der Waals surface area (Å²) >= 11 is 0. The number of hydrogen-bond acceptors (Lipinski definition) is 5. The van der Waals surface area contributed by atoms with Crippen molar-refractivity contribution in [3.63, 3.8) is 0 Å². The van der Waals surface area contributed by atoms with Crippen LogP contribution in [-0.4, -0.2) is 16.5 Å². The zero-order chi connectivity index (χ0) is 11.6. The van der Waals surface area contributed by atoms with E-state index in [2.05, 4.69) is 27.6 Å². The van der Waals surface area contributed by atoms with Gasteiger partial charge in [-0.25, -0.2) is 15.8 Å². The molecule has 1 saturated carbocycles. The lowest BCUT2D eigenvalue weighted by Crippen LogP contribution is -2.17. The molecule has 0 bridgehead atoms. The summed E-state index contributed by atoms with van der Waals surface area (Å²) in [5, 5.41) is 3.39. The van der Waals surface area contributed by atoms with Gasteiger partial charge in [-0.3, -0.25) is 0 Å². The van der Waals surface area contributed by atoms with Gasteiger partial charge in [0.2, 0.25) is 0 Å². The van der Waals surface area contributed by atoms with E-state index in [4.69, 9.17) is 5.84 Å². The van der Waals surface area contributed by atoms with Gasteiger partial charge in [0.25, 0.3) is 0 Å². The van der Waals surface area contributed by atoms with E-state index in [-0.39, 0.29) is 0 Å². The third-order valence-electron chi connectivity index (χ3n) is 3.56. The molecule has 1 aromatic heterocycles. The van der Waals surface area contributed by atoms with E-state index in [1.807, 2.05) is 6.92 Å². The Labute approximate surface area is 95.8 Å². The van der Waals surface area contributed by atoms with E-state index in [0.29, 0.717) is 11.2 Å². The standard InChI is InChI=1S/C11H19N5/c1-3-11(4-5-11)6-13-9-8(2)10(16-12)15-7-14-9/h7H,3-6,12H2,1-2H3,(H2,13,14,15,16). The molecular formula is C11H19N5. The summed E-state index contributed by atoms with van der Waals surface area (Å²) in [5.41, 5.74) is 4.05. The number of nitrogens with one attached hydrogen (secondary N) is 2. The third kappa shape index (κ3) is 2.09. The quantitative estimate of drug-likeness (QED) is 0.521. The Morgan fingerprint density at radius 2 is 2.06 bits per heavy atom. The number of rotatable bonds is 5. The van der Waals surface area contributed by atoms with Crippen LogP contribution in [0, 0.1) is 12.3 Å². The van der Waals surface area contributed by atoms with Crippen LogP contribution in [0.3, 0.4) is 0 Å². The second-order valence-electron chi connectivity index (χ2n) is 4.55. The SMILES string of the molecule is CCC1(CNc2ncnc(NN)c2C)CC1. The number of nitrogens with two attached hydrogens (primary N) is 1. The van der Waals surface area contributed by atoms with Gasteiger partial charge in [-0.2, -0.15) is 0 Å². The first-order valence-electron chi connectivity index (χ1n) is 5.73. The van der Waals surface area contributed by atoms with Crippen LogP contribution in [0.4, 0.5) is 11.6 Å². The molecule has 0 saturated heterocycles. The molecule has 88 valence electrons. The van der Waals surface area contributed by atoms with Crippen molar-refractivity contribution in [2.45, 2.75) is 33.1 Å². The Morgan fingerprint density at radius 1 is 1.38 bits per heavy atom. The van der Waals surface area contributed by atoms with Crippen molar-refractivity contribution >= 4 is 11.6 Å². The molecule has 4 N–H and O–H groups in total. The molecule has 1 aliphatic rings. The molecule has 16 heavy (non-hydrogen) atoms. The predicted octanol–water partition coefficient (Wildman–Crippen LogP) is 1.67. The van der Waals surface area contributed by atoms with E-state index in [1.165, 1.54) is 25.6 Å². The van der Waals surface area contributed by atoms with Crippen molar-refractivity contribution in [2.75, 3.05) is 17.3 Å². The maximum atomic E-state index is 5.37. The van der Waals surface area contributed by atoms with Crippen molar-refractivity contribution in [2.24, 2.45) is 11.3 Å². The van der Waals surface area contributed by atoms with Crippen molar-refractivity contribution in [1.29, 1.82) is 0 Å². The Bertz CT molecular complexity index is 373. The number of hydrazine groups is 1. The minimum Gasteiger partial charge on any atom is -0.369 e. The van der Waals surface area contributed by atoms with Gasteiger partial charge in [0, 0.05) is 12.1 Å². The Balaban J connectivity index is 2.04. The van der Waals surface area contributed by atoms with Crippen molar-refractivity contribution < 1.29 is 0 Å². The molecule has 5 nitrogen and oxygen atoms in total. The van der Waals surface area contributed by atoms with E-state index in [9.17, 15) is 0 Å². The van der Waals surface area contributed by atoms with Gasteiger partial charge in [0.1, 0.15) is 18.0 Å². The lowest BCUT2D eigenvalue weighted by atomic mass is 10.0. The van der Waals surface area contributed by atoms with E-state index >= 15 is 0 Å². The van der Waals surface area contributed by atoms with Gasteiger partial charge < -0.3 is 10.7 Å². The summed E-state index contributed by atoms with van der Waals surface area (Å²) in [6.45, 7) is 5.20. The van der Waals surface area contributed by atoms with E-state index < -0.39 is 0 Å². The average Bonchev–Trinajstić information content (AvgIpc) is 3.08. The molecule has 1 heterocycles. The number of nitrogens with zero attached hydrogens (tertiary/aromatic N) is 2. The van der Waals surface area contributed by atoms with Crippen LogP contribution < -0.4 is 16.6 Å². The highest BCUT2D eigenvalue weighted by atomic mass is 15.3. The van der Waals surface area contributed by atoms with Crippen LogP contribution in [0.15, 0.2) is 6.33 Å². The number of aromatic nitrogens is 2. The fourth-order valence-electron chi connectivity index (χ4n) is 1.88. The summed E-state index contributed by atoms with van der Waals surface area (Å²) < 4.78 is 0. The number of hydrogen-bond donors (Lipinski definition) is 3. The number of nitrogen functional groups attached to an aromatic ring is 1. The molecule has 0 amide bonds. The molecule has 1 aromatic rings. The van der Waals surface area contributed by atoms with E-state index in [1.54, 1.807) is 0 Å². The summed E-state index contributed by atoms with van der Waals surface area (Å²) in [5.74, 6) is 6.93. The first kappa shape index (κ1) is 11.1. The highest BCUT2D eigenvalue weighted by molar-refractivity contribution is 5.55. The van der Waals surface area contributed by atoms with Crippen LogP contribution in [0.5, 0.6) is 0 Å². The topological polar surface area (TPSA) is 75.9 Å². The van der Waals surface area contributed by atoms with Crippen molar-refractivity contribution in [1.82, 2.24) is 9.97 Å². The van der Waals surface area contributed by atoms with Crippen LogP contribution in [0.25, 0.3) is 0 Å². The summed E-state index contributed by atoms with van der Waals surface area (Å²) in [6, 6.07) is 0. The molecule has 0 spiro atoms. The highest BCUT2D eigenvalue weighted by Gasteiger charge is 2.40.